The quantitative estimate of drug-likeness (QED) is 0.124. The molecule has 2 aromatic carbocycles. The van der Waals surface area contributed by atoms with Crippen molar-refractivity contribution < 1.29 is 57.4 Å². The van der Waals surface area contributed by atoms with Gasteiger partial charge >= 0.3 is 23.9 Å². The number of aliphatic hydroxyl groups excluding tert-OH is 1. The van der Waals surface area contributed by atoms with Gasteiger partial charge in [-0.1, -0.05) is 90.9 Å². The van der Waals surface area contributed by atoms with E-state index in [9.17, 15) is 24.3 Å². The molecule has 0 spiro atoms. The number of aliphatic hydroxyl groups is 1. The maximum atomic E-state index is 12.2. The van der Waals surface area contributed by atoms with Crippen LogP contribution in [-0.2, 0) is 72.0 Å². The van der Waals surface area contributed by atoms with E-state index in [4.69, 9.17) is 68.6 Å². The normalized spacial score (nSPS) is 25.9. The van der Waals surface area contributed by atoms with Crippen LogP contribution in [0.15, 0.2) is 54.9 Å². The minimum absolute atomic E-state index is 0.00261. The molecule has 3 aromatic rings. The van der Waals surface area contributed by atoms with Gasteiger partial charge in [-0.25, -0.2) is 4.98 Å². The van der Waals surface area contributed by atoms with E-state index in [1.165, 1.54) is 13.8 Å². The number of carbonyl (C=O) groups excluding carboxylic acids is 4. The van der Waals surface area contributed by atoms with Crippen LogP contribution in [-0.4, -0.2) is 86.8 Å². The van der Waals surface area contributed by atoms with Gasteiger partial charge in [-0.3, -0.25) is 19.2 Å². The number of benzene rings is 2. The van der Waals surface area contributed by atoms with Crippen molar-refractivity contribution in [2.75, 3.05) is 6.61 Å². The topological polar surface area (TPSA) is 183 Å². The highest BCUT2D eigenvalue weighted by atomic mass is 35.5. The Bertz CT molecular complexity index is 1900. The van der Waals surface area contributed by atoms with Crippen molar-refractivity contribution in [1.29, 1.82) is 0 Å². The highest BCUT2D eigenvalue weighted by Gasteiger charge is 2.52. The summed E-state index contributed by atoms with van der Waals surface area (Å²) in [6, 6.07) is 15.2. The first-order valence-electron chi connectivity index (χ1n) is 18.2. The first kappa shape index (κ1) is 44.0. The summed E-state index contributed by atoms with van der Waals surface area (Å²) in [6.45, 7) is 7.01. The highest BCUT2D eigenvalue weighted by molar-refractivity contribution is 7.80. The van der Waals surface area contributed by atoms with E-state index in [1.54, 1.807) is 10.9 Å². The third kappa shape index (κ3) is 11.7. The number of imidazole rings is 1. The number of rotatable bonds is 14. The molecule has 2 aliphatic rings. The number of hydrogen-bond acceptors (Lipinski definition) is 14. The molecular weight excluding hydrogens is 805 g/mol. The lowest BCUT2D eigenvalue weighted by Gasteiger charge is -2.44. The lowest BCUT2D eigenvalue weighted by molar-refractivity contribution is -0.276. The van der Waals surface area contributed by atoms with Crippen LogP contribution >= 0.6 is 35.4 Å². The number of thiocarbonyl (C=S) groups is 1. The van der Waals surface area contributed by atoms with Gasteiger partial charge in [-0.15, -0.1) is 0 Å². The standard InChI is InChI=1S/C39H45Cl2N3O12S/c1-20-30(16-44-19-43-37(40)38(44)41)55-39(56-33(20)27-10-8-26(17-45)9-11-27)28-12-6-25(7-13-28)15-42-32(57)14-29-34(51-22(3)47)36(53-24(5)49)35(52-23(4)48)31(54-29)18-50-21(2)46/h6-13,19-20,29-31,33-36,39,45H,14-18H2,1-5H3,(H,42,57). The van der Waals surface area contributed by atoms with Crippen molar-refractivity contribution in [2.45, 2.75) is 110 Å². The molecule has 0 amide bonds. The predicted octanol–water partition coefficient (Wildman–Crippen LogP) is 5.11. The maximum absolute atomic E-state index is 12.2. The Morgan fingerprint density at radius 3 is 1.93 bits per heavy atom. The predicted molar refractivity (Wildman–Crippen MR) is 208 cm³/mol. The zero-order chi connectivity index (χ0) is 41.4. The molecule has 308 valence electrons. The molecule has 9 unspecified atom stereocenters. The Kier molecular flexibility index (Phi) is 15.4. The molecule has 2 N–H and O–H groups in total. The van der Waals surface area contributed by atoms with Crippen LogP contribution in [0.3, 0.4) is 0 Å². The molecular formula is C39H45Cl2N3O12S. The van der Waals surface area contributed by atoms with E-state index >= 15 is 0 Å². The molecule has 0 aliphatic carbocycles. The van der Waals surface area contributed by atoms with Gasteiger partial charge in [0.1, 0.15) is 24.0 Å². The Morgan fingerprint density at radius 2 is 1.37 bits per heavy atom. The summed E-state index contributed by atoms with van der Waals surface area (Å²) in [5.41, 5.74) is 3.34. The molecule has 2 saturated heterocycles. The van der Waals surface area contributed by atoms with Crippen LogP contribution in [0.25, 0.3) is 0 Å². The summed E-state index contributed by atoms with van der Waals surface area (Å²) in [7, 11) is 0. The number of nitrogens with zero attached hydrogens (tertiary/aromatic N) is 2. The van der Waals surface area contributed by atoms with E-state index in [0.29, 0.717) is 23.2 Å². The summed E-state index contributed by atoms with van der Waals surface area (Å²) in [6.07, 6.45) is -5.68. The molecule has 57 heavy (non-hydrogen) atoms. The molecule has 2 fully saturated rings. The minimum atomic E-state index is -1.29. The number of halogens is 2. The Morgan fingerprint density at radius 1 is 0.789 bits per heavy atom. The molecule has 15 nitrogen and oxygen atoms in total. The van der Waals surface area contributed by atoms with E-state index in [2.05, 4.69) is 10.3 Å². The number of esters is 4. The second-order valence-corrected chi connectivity index (χ2v) is 15.0. The van der Waals surface area contributed by atoms with E-state index in [1.807, 2.05) is 55.5 Å². The van der Waals surface area contributed by atoms with Gasteiger partial charge in [0.05, 0.1) is 36.7 Å². The fraction of sp³-hybridized carbons (Fsp3) is 0.487. The number of ether oxygens (including phenoxy) is 7. The van der Waals surface area contributed by atoms with Crippen molar-refractivity contribution in [3.63, 3.8) is 0 Å². The minimum Gasteiger partial charge on any atom is -0.463 e. The van der Waals surface area contributed by atoms with Gasteiger partial charge in [0.2, 0.25) is 0 Å². The van der Waals surface area contributed by atoms with Gasteiger partial charge in [0, 0.05) is 52.1 Å². The number of hydrogen-bond donors (Lipinski definition) is 2. The van der Waals surface area contributed by atoms with Crippen molar-refractivity contribution in [3.8, 4) is 0 Å². The monoisotopic (exact) mass is 849 g/mol. The van der Waals surface area contributed by atoms with Crippen LogP contribution in [0.1, 0.15) is 75.7 Å². The Hall–Kier alpha value is -4.16. The van der Waals surface area contributed by atoms with Crippen LogP contribution in [0.5, 0.6) is 0 Å². The Balaban J connectivity index is 1.29. The average Bonchev–Trinajstić information content (AvgIpc) is 3.48. The van der Waals surface area contributed by atoms with E-state index in [-0.39, 0.29) is 42.9 Å². The molecule has 3 heterocycles. The smallest absolute Gasteiger partial charge is 0.303 e. The second-order valence-electron chi connectivity index (χ2n) is 13.8. The SMILES string of the molecule is CC(=O)OCC1OC(CC(=S)NCc2ccc(C3OC(Cn4cnc(Cl)c4Cl)C(C)C(c4ccc(CO)cc4)O3)cc2)C(OC(C)=O)C(OC(C)=O)C1OC(C)=O. The first-order chi connectivity index (χ1) is 27.1. The lowest BCUT2D eigenvalue weighted by atomic mass is 9.90. The molecule has 18 heteroatoms. The van der Waals surface area contributed by atoms with Crippen molar-refractivity contribution in [2.24, 2.45) is 5.92 Å². The van der Waals surface area contributed by atoms with Gasteiger partial charge in [0.15, 0.2) is 29.8 Å². The second kappa shape index (κ2) is 20.0. The third-order valence-corrected chi connectivity index (χ3v) is 10.5. The fourth-order valence-electron chi connectivity index (χ4n) is 6.72. The zero-order valence-corrected chi connectivity index (χ0v) is 34.3. The highest BCUT2D eigenvalue weighted by Crippen LogP contribution is 2.42. The van der Waals surface area contributed by atoms with Gasteiger partial charge in [-0.2, -0.15) is 0 Å². The number of nitrogens with one attached hydrogen (secondary N) is 1. The first-order valence-corrected chi connectivity index (χ1v) is 19.3. The molecule has 0 bridgehead atoms. The van der Waals surface area contributed by atoms with Crippen molar-refractivity contribution in [1.82, 2.24) is 14.9 Å². The third-order valence-electron chi connectivity index (χ3n) is 9.45. The number of aromatic nitrogens is 2. The van der Waals surface area contributed by atoms with Crippen molar-refractivity contribution >= 4 is 64.3 Å². The molecule has 2 aliphatic heterocycles. The molecule has 5 rings (SSSR count). The van der Waals surface area contributed by atoms with Gasteiger partial charge in [0.25, 0.3) is 0 Å². The molecule has 0 radical (unpaired) electrons. The zero-order valence-electron chi connectivity index (χ0n) is 31.9. The molecule has 0 saturated carbocycles. The van der Waals surface area contributed by atoms with Crippen LogP contribution in [0, 0.1) is 5.92 Å². The van der Waals surface area contributed by atoms with E-state index < -0.39 is 60.7 Å². The van der Waals surface area contributed by atoms with Crippen molar-refractivity contribution in [3.05, 3.63) is 87.4 Å². The molecule has 1 aromatic heterocycles. The number of carbonyl (C=O) groups is 4. The summed E-state index contributed by atoms with van der Waals surface area (Å²) in [5.74, 6) is -2.85. The van der Waals surface area contributed by atoms with Crippen LogP contribution < -0.4 is 5.32 Å². The van der Waals surface area contributed by atoms with Gasteiger partial charge in [-0.05, 0) is 16.7 Å². The van der Waals surface area contributed by atoms with Crippen LogP contribution in [0.4, 0.5) is 0 Å². The average molecular weight is 851 g/mol. The summed E-state index contributed by atoms with van der Waals surface area (Å²) >= 11 is 18.2. The Labute approximate surface area is 345 Å². The lowest BCUT2D eigenvalue weighted by Crippen LogP contribution is -2.62. The molecule has 9 atom stereocenters. The summed E-state index contributed by atoms with van der Waals surface area (Å²) in [5, 5.41) is 13.3. The van der Waals surface area contributed by atoms with Crippen LogP contribution in [0.2, 0.25) is 10.3 Å². The summed E-state index contributed by atoms with van der Waals surface area (Å²) < 4.78 is 42.7. The summed E-state index contributed by atoms with van der Waals surface area (Å²) in [4.78, 5) is 52.5. The largest absolute Gasteiger partial charge is 0.463 e. The van der Waals surface area contributed by atoms with Gasteiger partial charge < -0.3 is 48.1 Å². The fourth-order valence-corrected chi connectivity index (χ4v) is 7.27. The van der Waals surface area contributed by atoms with E-state index in [0.717, 1.165) is 36.1 Å². The maximum Gasteiger partial charge on any atom is 0.303 e.